The molecule has 0 saturated carbocycles. The van der Waals surface area contributed by atoms with Gasteiger partial charge in [-0.25, -0.2) is 4.98 Å². The van der Waals surface area contributed by atoms with Crippen LogP contribution in [-0.4, -0.2) is 20.8 Å². The molecule has 0 bridgehead atoms. The van der Waals surface area contributed by atoms with Crippen LogP contribution >= 0.6 is 23.4 Å². The number of para-hydroxylation sites is 2. The number of imidazole rings is 1. The molecule has 98 valence electrons. The fourth-order valence-corrected chi connectivity index (χ4v) is 2.44. The van der Waals surface area contributed by atoms with Crippen LogP contribution < -0.4 is 0 Å². The molecule has 0 aliphatic heterocycles. The van der Waals surface area contributed by atoms with Crippen molar-refractivity contribution in [3.8, 4) is 0 Å². The number of nitrogens with zero attached hydrogens (tertiary/aromatic N) is 2. The van der Waals surface area contributed by atoms with Gasteiger partial charge in [-0.15, -0.1) is 11.6 Å². The Morgan fingerprint density at radius 3 is 2.67 bits per heavy atom. The predicted octanol–water partition coefficient (Wildman–Crippen LogP) is 4.03. The third kappa shape index (κ3) is 3.11. The summed E-state index contributed by atoms with van der Waals surface area (Å²) in [4.78, 5) is 4.29. The maximum atomic E-state index is 12.1. The summed E-state index contributed by atoms with van der Waals surface area (Å²) in [5, 5.41) is 0. The first-order valence-electron chi connectivity index (χ1n) is 5.22. The number of hydrogen-bond acceptors (Lipinski definition) is 2. The van der Waals surface area contributed by atoms with Crippen molar-refractivity contribution in [3.05, 3.63) is 30.1 Å². The maximum Gasteiger partial charge on any atom is 0.441 e. The van der Waals surface area contributed by atoms with Crippen LogP contribution in [0.3, 0.4) is 0 Å². The molecular weight excluding hydrogens is 285 g/mol. The molecule has 7 heteroatoms. The molecule has 18 heavy (non-hydrogen) atoms. The topological polar surface area (TPSA) is 17.8 Å². The quantitative estimate of drug-likeness (QED) is 0.792. The monoisotopic (exact) mass is 294 g/mol. The highest BCUT2D eigenvalue weighted by Gasteiger charge is 2.27. The normalized spacial score (nSPS) is 12.2. The first-order valence-corrected chi connectivity index (χ1v) is 6.74. The van der Waals surface area contributed by atoms with Gasteiger partial charge in [0.2, 0.25) is 0 Å². The summed E-state index contributed by atoms with van der Waals surface area (Å²) < 4.78 is 38.0. The molecule has 0 N–H and O–H groups in total. The summed E-state index contributed by atoms with van der Waals surface area (Å²) in [6.45, 7) is 0.243. The zero-order valence-corrected chi connectivity index (χ0v) is 10.8. The summed E-state index contributed by atoms with van der Waals surface area (Å²) in [5.74, 6) is 0.736. The van der Waals surface area contributed by atoms with Crippen LogP contribution in [0.4, 0.5) is 13.2 Å². The van der Waals surface area contributed by atoms with Crippen LogP contribution in [0.25, 0.3) is 11.0 Å². The van der Waals surface area contributed by atoms with Gasteiger partial charge in [-0.05, 0) is 23.9 Å². The van der Waals surface area contributed by atoms with Crippen molar-refractivity contribution >= 4 is 34.4 Å². The van der Waals surface area contributed by atoms with E-state index in [1.807, 2.05) is 24.3 Å². The van der Waals surface area contributed by atoms with Gasteiger partial charge in [0.25, 0.3) is 0 Å². The largest absolute Gasteiger partial charge is 0.441 e. The highest BCUT2D eigenvalue weighted by Crippen LogP contribution is 2.30. The van der Waals surface area contributed by atoms with E-state index in [-0.39, 0.29) is 29.9 Å². The van der Waals surface area contributed by atoms with E-state index in [2.05, 4.69) is 4.98 Å². The van der Waals surface area contributed by atoms with Crippen molar-refractivity contribution in [1.29, 1.82) is 0 Å². The number of aromatic nitrogens is 2. The van der Waals surface area contributed by atoms with Gasteiger partial charge in [-0.3, -0.25) is 0 Å². The van der Waals surface area contributed by atoms with E-state index in [1.54, 1.807) is 4.57 Å². The number of thioether (sulfide) groups is 1. The van der Waals surface area contributed by atoms with E-state index < -0.39 is 5.51 Å². The fourth-order valence-electron chi connectivity index (χ4n) is 1.73. The van der Waals surface area contributed by atoms with Crippen molar-refractivity contribution in [2.75, 3.05) is 5.75 Å². The van der Waals surface area contributed by atoms with E-state index >= 15 is 0 Å². The fraction of sp³-hybridized carbons (Fsp3) is 0.364. The third-order valence-electron chi connectivity index (χ3n) is 2.43. The Bertz CT molecular complexity index is 539. The maximum absolute atomic E-state index is 12.1. The molecule has 1 heterocycles. The molecule has 0 unspecified atom stereocenters. The Hall–Kier alpha value is -0.880. The summed E-state index contributed by atoms with van der Waals surface area (Å²) >= 11 is 5.73. The lowest BCUT2D eigenvalue weighted by Crippen LogP contribution is -2.08. The first-order chi connectivity index (χ1) is 8.51. The summed E-state index contributed by atoms with van der Waals surface area (Å²) in [6, 6.07) is 7.31. The van der Waals surface area contributed by atoms with Crippen molar-refractivity contribution in [3.63, 3.8) is 0 Å². The van der Waals surface area contributed by atoms with Crippen LogP contribution in [-0.2, 0) is 12.4 Å². The SMILES string of the molecule is FC(F)(F)SCCn1c(CCl)nc2ccccc21. The number of fused-ring (bicyclic) bond motifs is 1. The molecule has 0 radical (unpaired) electrons. The van der Waals surface area contributed by atoms with E-state index in [0.29, 0.717) is 5.82 Å². The lowest BCUT2D eigenvalue weighted by molar-refractivity contribution is -0.0328. The van der Waals surface area contributed by atoms with Gasteiger partial charge in [0, 0.05) is 12.3 Å². The van der Waals surface area contributed by atoms with Gasteiger partial charge >= 0.3 is 5.51 Å². The second-order valence-electron chi connectivity index (χ2n) is 3.60. The van der Waals surface area contributed by atoms with Crippen LogP contribution in [0.15, 0.2) is 24.3 Å². The zero-order chi connectivity index (χ0) is 13.2. The molecule has 2 aromatic rings. The number of alkyl halides is 4. The van der Waals surface area contributed by atoms with Gasteiger partial charge in [0.05, 0.1) is 16.9 Å². The second-order valence-corrected chi connectivity index (χ2v) is 5.02. The van der Waals surface area contributed by atoms with Crippen LogP contribution in [0, 0.1) is 0 Å². The minimum absolute atomic E-state index is 0.0321. The Morgan fingerprint density at radius 1 is 1.28 bits per heavy atom. The van der Waals surface area contributed by atoms with Crippen molar-refractivity contribution < 1.29 is 13.2 Å². The predicted molar refractivity (Wildman–Crippen MR) is 67.8 cm³/mol. The smallest absolute Gasteiger partial charge is 0.326 e. The van der Waals surface area contributed by atoms with Gasteiger partial charge in [-0.1, -0.05) is 12.1 Å². The van der Waals surface area contributed by atoms with E-state index in [1.165, 1.54) is 0 Å². The van der Waals surface area contributed by atoms with Crippen LogP contribution in [0.5, 0.6) is 0 Å². The van der Waals surface area contributed by atoms with Gasteiger partial charge in [-0.2, -0.15) is 13.2 Å². The molecule has 0 fully saturated rings. The Labute approximate surface area is 111 Å². The molecule has 0 aliphatic carbocycles. The third-order valence-corrected chi connectivity index (χ3v) is 3.39. The molecule has 2 nitrogen and oxygen atoms in total. The molecule has 2 rings (SSSR count). The molecule has 1 aromatic carbocycles. The number of hydrogen-bond donors (Lipinski definition) is 0. The molecular formula is C11H10ClF3N2S. The zero-order valence-electron chi connectivity index (χ0n) is 9.25. The number of aryl methyl sites for hydroxylation is 1. The van der Waals surface area contributed by atoms with Gasteiger partial charge < -0.3 is 4.57 Å². The second kappa shape index (κ2) is 5.40. The summed E-state index contributed by atoms with van der Waals surface area (Å²) in [7, 11) is 0. The molecule has 0 amide bonds. The molecule has 0 atom stereocenters. The minimum atomic E-state index is -4.20. The van der Waals surface area contributed by atoms with Crippen molar-refractivity contribution in [1.82, 2.24) is 9.55 Å². The van der Waals surface area contributed by atoms with E-state index in [0.717, 1.165) is 11.0 Å². The summed E-state index contributed by atoms with van der Waals surface area (Å²) in [5.41, 5.74) is -2.63. The van der Waals surface area contributed by atoms with Crippen LogP contribution in [0.1, 0.15) is 5.82 Å². The molecule has 1 aromatic heterocycles. The number of rotatable bonds is 4. The first kappa shape index (κ1) is 13.5. The van der Waals surface area contributed by atoms with Crippen molar-refractivity contribution in [2.24, 2.45) is 0 Å². The molecule has 0 spiro atoms. The highest BCUT2D eigenvalue weighted by molar-refractivity contribution is 8.00. The average Bonchev–Trinajstić information content (AvgIpc) is 2.66. The standard InChI is InChI=1S/C11H10ClF3N2S/c12-7-10-16-8-3-1-2-4-9(8)17(10)5-6-18-11(13,14)15/h1-4H,5-7H2. The molecule has 0 aliphatic rings. The van der Waals surface area contributed by atoms with Crippen molar-refractivity contribution in [2.45, 2.75) is 17.9 Å². The van der Waals surface area contributed by atoms with E-state index in [4.69, 9.17) is 11.6 Å². The Balaban J connectivity index is 2.20. The molecule has 0 saturated heterocycles. The average molecular weight is 295 g/mol. The lowest BCUT2D eigenvalue weighted by Gasteiger charge is -2.09. The van der Waals surface area contributed by atoms with Gasteiger partial charge in [0.15, 0.2) is 0 Å². The highest BCUT2D eigenvalue weighted by atomic mass is 35.5. The summed E-state index contributed by atoms with van der Waals surface area (Å²) in [6.07, 6.45) is 0. The number of benzene rings is 1. The minimum Gasteiger partial charge on any atom is -0.326 e. The van der Waals surface area contributed by atoms with Crippen LogP contribution in [0.2, 0.25) is 0 Å². The van der Waals surface area contributed by atoms with Gasteiger partial charge in [0.1, 0.15) is 5.82 Å². The van der Waals surface area contributed by atoms with E-state index in [9.17, 15) is 13.2 Å². The number of halogens is 4. The lowest BCUT2D eigenvalue weighted by atomic mass is 10.3. The Morgan fingerprint density at radius 2 is 2.00 bits per heavy atom. The Kier molecular flexibility index (Phi) is 4.07.